The lowest BCUT2D eigenvalue weighted by atomic mass is 10.2. The second kappa shape index (κ2) is 7.10. The molecule has 2 N–H and O–H groups in total. The first kappa shape index (κ1) is 17.4. The minimum absolute atomic E-state index is 0.146. The molecule has 0 saturated carbocycles. The Morgan fingerprint density at radius 1 is 1.00 bits per heavy atom. The van der Waals surface area contributed by atoms with Gasteiger partial charge in [0.1, 0.15) is 0 Å². The Bertz CT molecular complexity index is 703. The Hall–Kier alpha value is -1.92. The van der Waals surface area contributed by atoms with Crippen LogP contribution in [0.25, 0.3) is 0 Å². The van der Waals surface area contributed by atoms with E-state index in [2.05, 4.69) is 10.6 Å². The Morgan fingerprint density at radius 2 is 1.61 bits per heavy atom. The predicted molar refractivity (Wildman–Crippen MR) is 85.0 cm³/mol. The predicted octanol–water partition coefficient (Wildman–Crippen LogP) is 5.06. The van der Waals surface area contributed by atoms with Crippen LogP contribution in [0.1, 0.15) is 5.56 Å². The Morgan fingerprint density at radius 3 is 2.22 bits per heavy atom. The minimum atomic E-state index is -4.56. The first-order valence-electron chi connectivity index (χ1n) is 6.42. The number of rotatable bonds is 4. The maximum Gasteiger partial charge on any atom is 0.417 e. The number of halogens is 5. The summed E-state index contributed by atoms with van der Waals surface area (Å²) in [6, 6.07) is 9.81. The third-order valence-electron chi connectivity index (χ3n) is 2.85. The number of hydrogen-bond acceptors (Lipinski definition) is 2. The lowest BCUT2D eigenvalue weighted by Gasteiger charge is -2.12. The van der Waals surface area contributed by atoms with Gasteiger partial charge in [-0.05, 0) is 42.5 Å². The number of hydrogen-bond donors (Lipinski definition) is 2. The first-order valence-corrected chi connectivity index (χ1v) is 7.17. The molecule has 2 aromatic rings. The van der Waals surface area contributed by atoms with Crippen molar-refractivity contribution in [3.05, 3.63) is 58.1 Å². The molecule has 2 aromatic carbocycles. The van der Waals surface area contributed by atoms with Gasteiger partial charge in [0.25, 0.3) is 0 Å². The highest BCUT2D eigenvalue weighted by Crippen LogP contribution is 2.36. The highest BCUT2D eigenvalue weighted by molar-refractivity contribution is 6.31. The van der Waals surface area contributed by atoms with Crippen molar-refractivity contribution in [3.8, 4) is 0 Å². The molecule has 0 spiro atoms. The van der Waals surface area contributed by atoms with Crippen molar-refractivity contribution < 1.29 is 18.0 Å². The second-order valence-corrected chi connectivity index (χ2v) is 5.44. The van der Waals surface area contributed by atoms with Crippen molar-refractivity contribution in [3.63, 3.8) is 0 Å². The fourth-order valence-electron chi connectivity index (χ4n) is 1.77. The second-order valence-electron chi connectivity index (χ2n) is 4.60. The molecule has 0 bridgehead atoms. The fraction of sp³-hybridized carbons (Fsp3) is 0.133. The van der Waals surface area contributed by atoms with Crippen LogP contribution in [0.4, 0.5) is 24.5 Å². The van der Waals surface area contributed by atoms with E-state index in [1.807, 2.05) is 0 Å². The summed E-state index contributed by atoms with van der Waals surface area (Å²) in [5, 5.41) is 5.34. The molecule has 0 aromatic heterocycles. The maximum atomic E-state index is 12.7. The summed E-state index contributed by atoms with van der Waals surface area (Å²) in [5.41, 5.74) is -0.274. The quantitative estimate of drug-likeness (QED) is 0.797. The number of benzene rings is 2. The number of carbonyl (C=O) groups excluding carboxylic acids is 1. The first-order chi connectivity index (χ1) is 10.8. The molecule has 0 aliphatic heterocycles. The van der Waals surface area contributed by atoms with Gasteiger partial charge in [0.15, 0.2) is 0 Å². The Labute approximate surface area is 140 Å². The molecule has 0 fully saturated rings. The van der Waals surface area contributed by atoms with Crippen molar-refractivity contribution in [1.82, 2.24) is 0 Å². The van der Waals surface area contributed by atoms with Gasteiger partial charge in [0.2, 0.25) is 5.91 Å². The van der Waals surface area contributed by atoms with Crippen LogP contribution < -0.4 is 10.6 Å². The molecule has 0 radical (unpaired) electrons. The molecule has 3 nitrogen and oxygen atoms in total. The molecule has 2 rings (SSSR count). The molecule has 0 saturated heterocycles. The SMILES string of the molecule is O=C(CNc1ccc(Cl)c(C(F)(F)F)c1)Nc1ccc(Cl)cc1. The van der Waals surface area contributed by atoms with Crippen LogP contribution in [-0.4, -0.2) is 12.5 Å². The van der Waals surface area contributed by atoms with Gasteiger partial charge in [-0.3, -0.25) is 4.79 Å². The average Bonchev–Trinajstić information content (AvgIpc) is 2.47. The van der Waals surface area contributed by atoms with Gasteiger partial charge in [-0.1, -0.05) is 23.2 Å². The zero-order valence-corrected chi connectivity index (χ0v) is 13.1. The zero-order valence-electron chi connectivity index (χ0n) is 11.5. The lowest BCUT2D eigenvalue weighted by molar-refractivity contribution is -0.137. The normalized spacial score (nSPS) is 11.2. The van der Waals surface area contributed by atoms with Crippen LogP contribution in [-0.2, 0) is 11.0 Å². The Kier molecular flexibility index (Phi) is 5.38. The topological polar surface area (TPSA) is 41.1 Å². The summed E-state index contributed by atoms with van der Waals surface area (Å²) in [4.78, 5) is 11.8. The summed E-state index contributed by atoms with van der Waals surface area (Å²) in [7, 11) is 0. The van der Waals surface area contributed by atoms with Gasteiger partial charge in [0.05, 0.1) is 17.1 Å². The van der Waals surface area contributed by atoms with Crippen molar-refractivity contribution in [2.75, 3.05) is 17.2 Å². The molecular formula is C15H11Cl2F3N2O. The van der Waals surface area contributed by atoms with Crippen molar-refractivity contribution in [1.29, 1.82) is 0 Å². The van der Waals surface area contributed by atoms with E-state index < -0.39 is 22.7 Å². The van der Waals surface area contributed by atoms with Crippen LogP contribution >= 0.6 is 23.2 Å². The molecule has 1 amide bonds. The third kappa shape index (κ3) is 5.04. The fourth-order valence-corrected chi connectivity index (χ4v) is 2.12. The largest absolute Gasteiger partial charge is 0.417 e. The highest BCUT2D eigenvalue weighted by Gasteiger charge is 2.33. The van der Waals surface area contributed by atoms with Gasteiger partial charge in [0, 0.05) is 16.4 Å². The number of carbonyl (C=O) groups is 1. The lowest BCUT2D eigenvalue weighted by Crippen LogP contribution is -2.21. The smallest absolute Gasteiger partial charge is 0.376 e. The van der Waals surface area contributed by atoms with Gasteiger partial charge in [-0.15, -0.1) is 0 Å². The van der Waals surface area contributed by atoms with E-state index in [0.29, 0.717) is 10.7 Å². The van der Waals surface area contributed by atoms with Crippen LogP contribution in [0, 0.1) is 0 Å². The standard InChI is InChI=1S/C15H11Cl2F3N2O/c16-9-1-3-10(4-2-9)22-14(23)8-21-11-5-6-13(17)12(7-11)15(18,19)20/h1-7,21H,8H2,(H,22,23). The van der Waals surface area contributed by atoms with E-state index in [4.69, 9.17) is 23.2 Å². The molecule has 0 heterocycles. The summed E-state index contributed by atoms with van der Waals surface area (Å²) in [6.45, 7) is -0.193. The Balaban J connectivity index is 1.98. The van der Waals surface area contributed by atoms with Crippen molar-refractivity contribution in [2.24, 2.45) is 0 Å². The molecule has 0 unspecified atom stereocenters. The van der Waals surface area contributed by atoms with Crippen molar-refractivity contribution >= 4 is 40.5 Å². The maximum absolute atomic E-state index is 12.7. The molecular weight excluding hydrogens is 352 g/mol. The van der Waals surface area contributed by atoms with E-state index in [1.54, 1.807) is 24.3 Å². The van der Waals surface area contributed by atoms with Gasteiger partial charge in [-0.2, -0.15) is 13.2 Å². The molecule has 8 heteroatoms. The van der Waals surface area contributed by atoms with Gasteiger partial charge < -0.3 is 10.6 Å². The monoisotopic (exact) mass is 362 g/mol. The van der Waals surface area contributed by atoms with Gasteiger partial charge >= 0.3 is 6.18 Å². The number of alkyl halides is 3. The molecule has 23 heavy (non-hydrogen) atoms. The van der Waals surface area contributed by atoms with Crippen LogP contribution in [0.2, 0.25) is 10.0 Å². The van der Waals surface area contributed by atoms with E-state index in [9.17, 15) is 18.0 Å². The molecule has 0 aliphatic carbocycles. The van der Waals surface area contributed by atoms with E-state index in [0.717, 1.165) is 12.1 Å². The minimum Gasteiger partial charge on any atom is -0.376 e. The van der Waals surface area contributed by atoms with Crippen LogP contribution in [0.15, 0.2) is 42.5 Å². The van der Waals surface area contributed by atoms with Crippen LogP contribution in [0.3, 0.4) is 0 Å². The summed E-state index contributed by atoms with van der Waals surface area (Å²) < 4.78 is 38.2. The summed E-state index contributed by atoms with van der Waals surface area (Å²) >= 11 is 11.3. The van der Waals surface area contributed by atoms with E-state index in [1.165, 1.54) is 6.07 Å². The molecule has 0 atom stereocenters. The number of anilines is 2. The summed E-state index contributed by atoms with van der Waals surface area (Å²) in [5.74, 6) is -0.407. The highest BCUT2D eigenvalue weighted by atomic mass is 35.5. The molecule has 0 aliphatic rings. The van der Waals surface area contributed by atoms with E-state index >= 15 is 0 Å². The summed E-state index contributed by atoms with van der Waals surface area (Å²) in [6.07, 6.45) is -4.56. The van der Waals surface area contributed by atoms with Crippen molar-refractivity contribution in [2.45, 2.75) is 6.18 Å². The number of amides is 1. The van der Waals surface area contributed by atoms with E-state index in [-0.39, 0.29) is 12.2 Å². The third-order valence-corrected chi connectivity index (χ3v) is 3.43. The molecule has 122 valence electrons. The van der Waals surface area contributed by atoms with Gasteiger partial charge in [-0.25, -0.2) is 0 Å². The zero-order chi connectivity index (χ0) is 17.0. The average molecular weight is 363 g/mol. The number of nitrogens with one attached hydrogen (secondary N) is 2. The van der Waals surface area contributed by atoms with Crippen LogP contribution in [0.5, 0.6) is 0 Å².